The Bertz CT molecular complexity index is 1260. The van der Waals surface area contributed by atoms with Gasteiger partial charge in [0.05, 0.1) is 19.4 Å². The highest BCUT2D eigenvalue weighted by Crippen LogP contribution is 2.53. The topological polar surface area (TPSA) is 84.9 Å². The molecule has 1 amide bonds. The Kier molecular flexibility index (Phi) is 11.2. The van der Waals surface area contributed by atoms with Crippen LogP contribution < -0.4 is 5.32 Å². The number of benzene rings is 3. The summed E-state index contributed by atoms with van der Waals surface area (Å²) in [5, 5.41) is 12.8. The summed E-state index contributed by atoms with van der Waals surface area (Å²) in [7, 11) is -3.19. The number of aromatic hydroxyl groups is 1. The maximum Gasteiger partial charge on any atom is 0.330 e. The molecule has 0 saturated carbocycles. The summed E-state index contributed by atoms with van der Waals surface area (Å²) < 4.78 is 25.2. The summed E-state index contributed by atoms with van der Waals surface area (Å²) in [6, 6.07) is 23.5. The Morgan fingerprint density at radius 1 is 0.805 bits per heavy atom. The highest BCUT2D eigenvalue weighted by molar-refractivity contribution is 7.53. The predicted octanol–water partition coefficient (Wildman–Crippen LogP) is 8.01. The van der Waals surface area contributed by atoms with Gasteiger partial charge in [-0.1, -0.05) is 93.8 Å². The van der Waals surface area contributed by atoms with Crippen LogP contribution in [0.3, 0.4) is 0 Å². The average Bonchev–Trinajstić information content (AvgIpc) is 3.27. The molecule has 1 aliphatic rings. The number of amides is 1. The van der Waals surface area contributed by atoms with Gasteiger partial charge in [0.1, 0.15) is 11.2 Å². The molecule has 0 atom stereocenters. The molecule has 0 bridgehead atoms. The van der Waals surface area contributed by atoms with Gasteiger partial charge in [0, 0.05) is 6.54 Å². The number of carbonyl (C=O) groups is 1. The molecule has 6 nitrogen and oxygen atoms in total. The van der Waals surface area contributed by atoms with E-state index in [4.69, 9.17) is 9.05 Å². The molecule has 3 aromatic carbocycles. The largest absolute Gasteiger partial charge is 0.508 e. The quantitative estimate of drug-likeness (QED) is 0.125. The molecule has 2 N–H and O–H groups in total. The van der Waals surface area contributed by atoms with E-state index in [-0.39, 0.29) is 11.7 Å². The van der Waals surface area contributed by atoms with Crippen molar-refractivity contribution < 1.29 is 23.5 Å². The lowest BCUT2D eigenvalue weighted by Gasteiger charge is -2.31. The van der Waals surface area contributed by atoms with Gasteiger partial charge in [0.15, 0.2) is 0 Å². The van der Waals surface area contributed by atoms with Gasteiger partial charge in [-0.2, -0.15) is 0 Å². The fraction of sp³-hybridized carbons (Fsp3) is 0.441. The molecule has 0 aliphatic heterocycles. The summed E-state index contributed by atoms with van der Waals surface area (Å²) >= 11 is 0. The third kappa shape index (κ3) is 7.48. The highest BCUT2D eigenvalue weighted by atomic mass is 31.2. The Morgan fingerprint density at radius 2 is 1.37 bits per heavy atom. The standard InChI is InChI=1S/C34H44NO5P/c1-3-5-24-39-41(38,40-25-6-4-2)26-12-11-22-34(33(37)35-23-21-27-17-19-28(36)20-18-27)31-15-9-7-13-29(31)30-14-8-10-16-32(30)34/h7-10,13-20,36H,3-6,11-12,21-26H2,1-2H3,(H,35,37). The molecule has 0 aromatic heterocycles. The first-order chi connectivity index (χ1) is 19.9. The molecule has 0 fully saturated rings. The molecular formula is C34H44NO5P. The summed E-state index contributed by atoms with van der Waals surface area (Å²) in [5.74, 6) is 0.210. The molecule has 220 valence electrons. The summed E-state index contributed by atoms with van der Waals surface area (Å²) in [6.07, 6.45) is 6.59. The number of unbranched alkanes of at least 4 members (excludes halogenated alkanes) is 3. The molecule has 0 unspecified atom stereocenters. The van der Waals surface area contributed by atoms with Crippen molar-refractivity contribution in [2.45, 2.75) is 70.6 Å². The van der Waals surface area contributed by atoms with Gasteiger partial charge >= 0.3 is 7.60 Å². The van der Waals surface area contributed by atoms with Crippen LogP contribution in [0.25, 0.3) is 11.1 Å². The first kappa shape index (κ1) is 31.0. The number of hydrogen-bond acceptors (Lipinski definition) is 5. The van der Waals surface area contributed by atoms with E-state index >= 15 is 0 Å². The van der Waals surface area contributed by atoms with Gasteiger partial charge in [-0.3, -0.25) is 9.36 Å². The first-order valence-corrected chi connectivity index (χ1v) is 16.8. The lowest BCUT2D eigenvalue weighted by molar-refractivity contribution is -0.125. The lowest BCUT2D eigenvalue weighted by Crippen LogP contribution is -2.45. The zero-order valence-electron chi connectivity index (χ0n) is 24.4. The SMILES string of the molecule is CCCCOP(=O)(CCCCC1(C(=O)NCCc2ccc(O)cc2)c2ccccc2-c2ccccc21)OCCCC. The molecule has 0 radical (unpaired) electrons. The number of fused-ring (bicyclic) bond motifs is 3. The fourth-order valence-corrected chi connectivity index (χ4v) is 7.40. The second-order valence-electron chi connectivity index (χ2n) is 10.8. The normalized spacial score (nSPS) is 13.5. The number of nitrogens with one attached hydrogen (secondary N) is 1. The van der Waals surface area contributed by atoms with Crippen LogP contribution in [0.4, 0.5) is 0 Å². The second-order valence-corrected chi connectivity index (χ2v) is 13.0. The van der Waals surface area contributed by atoms with E-state index in [0.717, 1.165) is 53.5 Å². The van der Waals surface area contributed by atoms with Crippen molar-refractivity contribution in [3.05, 3.63) is 89.5 Å². The van der Waals surface area contributed by atoms with E-state index in [2.05, 4.69) is 43.4 Å². The Hall–Kier alpha value is -2.92. The van der Waals surface area contributed by atoms with Gasteiger partial charge in [-0.05, 0) is 72.1 Å². The summed E-state index contributed by atoms with van der Waals surface area (Å²) in [6.45, 7) is 5.53. The number of hydrogen-bond donors (Lipinski definition) is 2. The van der Waals surface area contributed by atoms with Crippen molar-refractivity contribution in [1.82, 2.24) is 5.32 Å². The van der Waals surface area contributed by atoms with E-state index in [1.54, 1.807) is 12.1 Å². The third-order valence-electron chi connectivity index (χ3n) is 7.89. The zero-order chi connectivity index (χ0) is 29.1. The maximum absolute atomic E-state index is 14.2. The van der Waals surface area contributed by atoms with Crippen LogP contribution in [-0.2, 0) is 30.2 Å². The number of rotatable bonds is 17. The third-order valence-corrected chi connectivity index (χ3v) is 9.91. The van der Waals surface area contributed by atoms with Crippen molar-refractivity contribution in [3.8, 4) is 16.9 Å². The van der Waals surface area contributed by atoms with Crippen molar-refractivity contribution >= 4 is 13.5 Å². The molecule has 0 saturated heterocycles. The lowest BCUT2D eigenvalue weighted by atomic mass is 9.73. The smallest absolute Gasteiger partial charge is 0.330 e. The van der Waals surface area contributed by atoms with Crippen LogP contribution in [0.5, 0.6) is 5.75 Å². The van der Waals surface area contributed by atoms with Crippen LogP contribution in [0.1, 0.15) is 75.5 Å². The second kappa shape index (κ2) is 14.8. The van der Waals surface area contributed by atoms with Gasteiger partial charge in [0.2, 0.25) is 5.91 Å². The van der Waals surface area contributed by atoms with Crippen LogP contribution in [0.15, 0.2) is 72.8 Å². The van der Waals surface area contributed by atoms with Crippen molar-refractivity contribution in [2.75, 3.05) is 25.9 Å². The number of phenols is 1. The molecule has 4 rings (SSSR count). The number of phenolic OH excluding ortho intramolecular Hbond substituents is 1. The minimum Gasteiger partial charge on any atom is -0.508 e. The Morgan fingerprint density at radius 3 is 1.93 bits per heavy atom. The van der Waals surface area contributed by atoms with Gasteiger partial charge in [0.25, 0.3) is 0 Å². The number of carbonyl (C=O) groups excluding carboxylic acids is 1. The molecule has 1 aliphatic carbocycles. The van der Waals surface area contributed by atoms with Crippen LogP contribution >= 0.6 is 7.60 Å². The fourth-order valence-electron chi connectivity index (χ4n) is 5.64. The average molecular weight is 578 g/mol. The van der Waals surface area contributed by atoms with Gasteiger partial charge in [-0.25, -0.2) is 0 Å². The van der Waals surface area contributed by atoms with Crippen molar-refractivity contribution in [2.24, 2.45) is 0 Å². The maximum atomic E-state index is 14.2. The monoisotopic (exact) mass is 577 g/mol. The molecule has 0 spiro atoms. The van der Waals surface area contributed by atoms with E-state index in [0.29, 0.717) is 51.6 Å². The minimum atomic E-state index is -3.19. The van der Waals surface area contributed by atoms with Crippen LogP contribution in [-0.4, -0.2) is 36.9 Å². The van der Waals surface area contributed by atoms with E-state index < -0.39 is 13.0 Å². The molecular weight excluding hydrogens is 533 g/mol. The highest BCUT2D eigenvalue weighted by Gasteiger charge is 2.48. The minimum absolute atomic E-state index is 0.0183. The van der Waals surface area contributed by atoms with Crippen LogP contribution in [0.2, 0.25) is 0 Å². The zero-order valence-corrected chi connectivity index (χ0v) is 25.3. The first-order valence-electron chi connectivity index (χ1n) is 15.1. The van der Waals surface area contributed by atoms with E-state index in [9.17, 15) is 14.5 Å². The van der Waals surface area contributed by atoms with Crippen molar-refractivity contribution in [1.29, 1.82) is 0 Å². The summed E-state index contributed by atoms with van der Waals surface area (Å²) in [4.78, 5) is 14.2. The Labute approximate surface area is 245 Å². The molecule has 41 heavy (non-hydrogen) atoms. The van der Waals surface area contributed by atoms with Gasteiger partial charge < -0.3 is 19.5 Å². The van der Waals surface area contributed by atoms with Crippen molar-refractivity contribution in [3.63, 3.8) is 0 Å². The van der Waals surface area contributed by atoms with Crippen LogP contribution in [0, 0.1) is 0 Å². The van der Waals surface area contributed by atoms with E-state index in [1.807, 2.05) is 36.4 Å². The molecule has 7 heteroatoms. The Balaban J connectivity index is 1.52. The molecule has 0 heterocycles. The molecule has 3 aromatic rings. The predicted molar refractivity (Wildman–Crippen MR) is 166 cm³/mol. The summed E-state index contributed by atoms with van der Waals surface area (Å²) in [5.41, 5.74) is 4.43. The van der Waals surface area contributed by atoms with Gasteiger partial charge in [-0.15, -0.1) is 0 Å². The van der Waals surface area contributed by atoms with E-state index in [1.165, 1.54) is 0 Å².